The molecule has 1 aromatic rings. The molecule has 0 saturated carbocycles. The predicted molar refractivity (Wildman–Crippen MR) is 79.1 cm³/mol. The first kappa shape index (κ1) is 16.6. The Morgan fingerprint density at radius 2 is 1.89 bits per heavy atom. The maximum Gasteiger partial charge on any atom is 0.241 e. The van der Waals surface area contributed by atoms with Crippen LogP contribution >= 0.6 is 11.3 Å². The Balaban J connectivity index is 2.90. The smallest absolute Gasteiger partial charge is 0.241 e. The summed E-state index contributed by atoms with van der Waals surface area (Å²) in [6.45, 7) is 7.90. The van der Waals surface area contributed by atoms with Gasteiger partial charge in [0.1, 0.15) is 0 Å². The van der Waals surface area contributed by atoms with Crippen LogP contribution in [-0.2, 0) is 10.0 Å². The third-order valence-corrected chi connectivity index (χ3v) is 6.38. The normalized spacial score (nSPS) is 12.9. The number of rotatable bonds is 7. The third-order valence-electron chi connectivity index (χ3n) is 3.76. The van der Waals surface area contributed by atoms with E-state index in [1.54, 1.807) is 6.07 Å². The average Bonchev–Trinajstić information content (AvgIpc) is 2.72. The summed E-state index contributed by atoms with van der Waals surface area (Å²) in [7, 11) is -3.48. The van der Waals surface area contributed by atoms with Crippen LogP contribution in [0.25, 0.3) is 0 Å². The Morgan fingerprint density at radius 3 is 2.26 bits per heavy atom. The number of aryl methyl sites for hydroxylation is 2. The average molecular weight is 305 g/mol. The second-order valence-corrected chi connectivity index (χ2v) is 8.16. The summed E-state index contributed by atoms with van der Waals surface area (Å²) in [5, 5.41) is 9.47. The molecule has 2 N–H and O–H groups in total. The van der Waals surface area contributed by atoms with Crippen molar-refractivity contribution < 1.29 is 13.5 Å². The maximum atomic E-state index is 12.3. The maximum absolute atomic E-state index is 12.3. The molecule has 1 aromatic heterocycles. The quantitative estimate of drug-likeness (QED) is 0.813. The van der Waals surface area contributed by atoms with E-state index in [0.29, 0.717) is 4.90 Å². The Kier molecular flexibility index (Phi) is 5.55. The molecule has 1 rings (SSSR count). The first-order chi connectivity index (χ1) is 8.80. The van der Waals surface area contributed by atoms with Gasteiger partial charge >= 0.3 is 0 Å². The van der Waals surface area contributed by atoms with Gasteiger partial charge in [0, 0.05) is 28.3 Å². The molecular formula is C13H23NO3S2. The fourth-order valence-corrected chi connectivity index (χ4v) is 4.69. The summed E-state index contributed by atoms with van der Waals surface area (Å²) in [5.74, 6) is 0. The Bertz CT molecular complexity index is 508. The van der Waals surface area contributed by atoms with Gasteiger partial charge in [0.25, 0.3) is 0 Å². The summed E-state index contributed by atoms with van der Waals surface area (Å²) < 4.78 is 27.2. The highest BCUT2D eigenvalue weighted by Crippen LogP contribution is 2.27. The summed E-state index contributed by atoms with van der Waals surface area (Å²) in [4.78, 5) is 2.14. The second kappa shape index (κ2) is 6.35. The van der Waals surface area contributed by atoms with Crippen molar-refractivity contribution in [3.63, 3.8) is 0 Å². The van der Waals surface area contributed by atoms with Crippen LogP contribution in [0.15, 0.2) is 11.0 Å². The summed E-state index contributed by atoms with van der Waals surface area (Å²) in [5.41, 5.74) is -0.369. The molecule has 0 aliphatic rings. The molecule has 6 heteroatoms. The zero-order valence-corrected chi connectivity index (χ0v) is 13.6. The summed E-state index contributed by atoms with van der Waals surface area (Å²) in [6.07, 6.45) is 1.48. The van der Waals surface area contributed by atoms with Gasteiger partial charge in [-0.25, -0.2) is 13.1 Å². The van der Waals surface area contributed by atoms with E-state index in [4.69, 9.17) is 0 Å². The molecule has 0 aromatic carbocycles. The van der Waals surface area contributed by atoms with Crippen molar-refractivity contribution in [3.05, 3.63) is 15.8 Å². The van der Waals surface area contributed by atoms with Crippen molar-refractivity contribution in [1.29, 1.82) is 0 Å². The van der Waals surface area contributed by atoms with Crippen molar-refractivity contribution in [2.24, 2.45) is 5.41 Å². The zero-order chi connectivity index (χ0) is 14.7. The summed E-state index contributed by atoms with van der Waals surface area (Å²) in [6, 6.07) is 1.70. The van der Waals surface area contributed by atoms with Crippen LogP contribution in [0.5, 0.6) is 0 Å². The van der Waals surface area contributed by atoms with Gasteiger partial charge in [-0.2, -0.15) is 0 Å². The van der Waals surface area contributed by atoms with Crippen molar-refractivity contribution in [2.75, 3.05) is 13.2 Å². The lowest BCUT2D eigenvalue weighted by atomic mass is 9.84. The molecule has 0 amide bonds. The van der Waals surface area contributed by atoms with Crippen LogP contribution < -0.4 is 4.72 Å². The number of thiophene rings is 1. The van der Waals surface area contributed by atoms with Crippen molar-refractivity contribution in [3.8, 4) is 0 Å². The minimum Gasteiger partial charge on any atom is -0.396 e. The predicted octanol–water partition coefficient (Wildman–Crippen LogP) is 2.44. The van der Waals surface area contributed by atoms with Gasteiger partial charge in [-0.1, -0.05) is 13.8 Å². The fraction of sp³-hybridized carbons (Fsp3) is 0.692. The number of hydrogen-bond acceptors (Lipinski definition) is 4. The van der Waals surface area contributed by atoms with Gasteiger partial charge in [-0.3, -0.25) is 0 Å². The topological polar surface area (TPSA) is 66.4 Å². The van der Waals surface area contributed by atoms with E-state index in [1.165, 1.54) is 11.3 Å². The van der Waals surface area contributed by atoms with E-state index in [2.05, 4.69) is 4.72 Å². The highest BCUT2D eigenvalue weighted by molar-refractivity contribution is 7.89. The molecule has 0 spiro atoms. The van der Waals surface area contributed by atoms with E-state index >= 15 is 0 Å². The van der Waals surface area contributed by atoms with E-state index in [0.717, 1.165) is 22.6 Å². The Labute approximate surface area is 119 Å². The largest absolute Gasteiger partial charge is 0.396 e. The van der Waals surface area contributed by atoms with Crippen molar-refractivity contribution in [1.82, 2.24) is 4.72 Å². The van der Waals surface area contributed by atoms with Gasteiger partial charge in [0.15, 0.2) is 0 Å². The number of sulfonamides is 1. The van der Waals surface area contributed by atoms with Crippen LogP contribution in [0.1, 0.15) is 36.4 Å². The molecule has 4 nitrogen and oxygen atoms in total. The lowest BCUT2D eigenvalue weighted by Crippen LogP contribution is -2.39. The molecule has 0 bridgehead atoms. The SMILES string of the molecule is CCC(CC)(CO)CNS(=O)(=O)c1cc(C)sc1C. The van der Waals surface area contributed by atoms with Crippen molar-refractivity contribution >= 4 is 21.4 Å². The molecule has 1 heterocycles. The highest BCUT2D eigenvalue weighted by atomic mass is 32.2. The number of aliphatic hydroxyl groups excluding tert-OH is 1. The lowest BCUT2D eigenvalue weighted by molar-refractivity contribution is 0.119. The Hall–Kier alpha value is -0.430. The molecule has 19 heavy (non-hydrogen) atoms. The standard InChI is InChI=1S/C13H23NO3S2/c1-5-13(6-2,9-15)8-14-19(16,17)12-7-10(3)18-11(12)4/h7,14-15H,5-6,8-9H2,1-4H3. The molecule has 0 atom stereocenters. The molecule has 110 valence electrons. The van der Waals surface area contributed by atoms with Crippen LogP contribution in [-0.4, -0.2) is 26.7 Å². The molecule has 0 fully saturated rings. The van der Waals surface area contributed by atoms with Gasteiger partial charge in [-0.05, 0) is 32.8 Å². The third kappa shape index (κ3) is 3.78. The molecule has 0 aliphatic carbocycles. The monoisotopic (exact) mass is 305 g/mol. The first-order valence-electron chi connectivity index (χ1n) is 6.48. The minimum atomic E-state index is -3.48. The van der Waals surface area contributed by atoms with Gasteiger partial charge in [0.05, 0.1) is 4.90 Å². The minimum absolute atomic E-state index is 0.00976. The second-order valence-electron chi connectivity index (χ2n) is 4.97. The zero-order valence-electron chi connectivity index (χ0n) is 12.0. The van der Waals surface area contributed by atoms with Gasteiger partial charge in [-0.15, -0.1) is 11.3 Å². The van der Waals surface area contributed by atoms with Crippen LogP contribution in [0.3, 0.4) is 0 Å². The number of nitrogens with one attached hydrogen (secondary N) is 1. The van der Waals surface area contributed by atoms with Gasteiger partial charge < -0.3 is 5.11 Å². The first-order valence-corrected chi connectivity index (χ1v) is 8.78. The highest BCUT2D eigenvalue weighted by Gasteiger charge is 2.28. The van der Waals surface area contributed by atoms with Crippen LogP contribution in [0.4, 0.5) is 0 Å². The van der Waals surface area contributed by atoms with E-state index in [1.807, 2.05) is 27.7 Å². The molecule has 0 aliphatic heterocycles. The van der Waals surface area contributed by atoms with E-state index in [9.17, 15) is 13.5 Å². The lowest BCUT2D eigenvalue weighted by Gasteiger charge is -2.29. The fourth-order valence-electron chi connectivity index (χ4n) is 1.98. The number of hydrogen-bond donors (Lipinski definition) is 2. The molecule has 0 saturated heterocycles. The van der Waals surface area contributed by atoms with Crippen LogP contribution in [0.2, 0.25) is 0 Å². The summed E-state index contributed by atoms with van der Waals surface area (Å²) >= 11 is 1.48. The van der Waals surface area contributed by atoms with E-state index < -0.39 is 10.0 Å². The molecule has 0 unspecified atom stereocenters. The van der Waals surface area contributed by atoms with Gasteiger partial charge in [0.2, 0.25) is 10.0 Å². The Morgan fingerprint density at radius 1 is 1.32 bits per heavy atom. The number of aliphatic hydroxyl groups is 1. The van der Waals surface area contributed by atoms with Crippen molar-refractivity contribution in [2.45, 2.75) is 45.4 Å². The van der Waals surface area contributed by atoms with E-state index in [-0.39, 0.29) is 18.6 Å². The van der Waals surface area contributed by atoms with Crippen LogP contribution in [0, 0.1) is 19.3 Å². The molecule has 0 radical (unpaired) electrons. The molecular weight excluding hydrogens is 282 g/mol.